The van der Waals surface area contributed by atoms with Crippen LogP contribution in [0.2, 0.25) is 0 Å². The van der Waals surface area contributed by atoms with Crippen LogP contribution in [-0.2, 0) is 17.8 Å². The number of piperazine rings is 1. The van der Waals surface area contributed by atoms with Crippen molar-refractivity contribution >= 4 is 27.5 Å². The van der Waals surface area contributed by atoms with Gasteiger partial charge in [-0.15, -0.1) is 11.3 Å². The Balaban J connectivity index is 1.05. The minimum Gasteiger partial charge on any atom is -0.474 e. The van der Waals surface area contributed by atoms with Crippen LogP contribution in [0, 0.1) is 0 Å². The quantitative estimate of drug-likeness (QED) is 0.520. The lowest BCUT2D eigenvalue weighted by Gasteiger charge is -2.42. The first-order valence-electron chi connectivity index (χ1n) is 13.4. The summed E-state index contributed by atoms with van der Waals surface area (Å²) in [4.78, 5) is 28.3. The van der Waals surface area contributed by atoms with Gasteiger partial charge in [0.2, 0.25) is 11.8 Å². The molecule has 6 rings (SSSR count). The summed E-state index contributed by atoms with van der Waals surface area (Å²) in [6.07, 6.45) is 8.59. The zero-order chi connectivity index (χ0) is 24.5. The number of ether oxygens (including phenoxy) is 1. The second kappa shape index (κ2) is 10.4. The normalized spacial score (nSPS) is 25.2. The smallest absolute Gasteiger partial charge is 0.225 e. The molecular formula is C28H35N5O2S. The largest absolute Gasteiger partial charge is 0.474 e. The lowest BCUT2D eigenvalue weighted by molar-refractivity contribution is -0.118. The number of aryl methyl sites for hydroxylation is 1. The second-order valence-electron chi connectivity index (χ2n) is 10.6. The van der Waals surface area contributed by atoms with Gasteiger partial charge in [-0.05, 0) is 55.6 Å². The summed E-state index contributed by atoms with van der Waals surface area (Å²) in [7, 11) is 0. The van der Waals surface area contributed by atoms with Crippen molar-refractivity contribution in [2.45, 2.75) is 69.6 Å². The average molecular weight is 506 g/mol. The first-order valence-corrected chi connectivity index (χ1v) is 14.2. The van der Waals surface area contributed by atoms with Crippen molar-refractivity contribution in [3.8, 4) is 5.88 Å². The van der Waals surface area contributed by atoms with E-state index in [1.54, 1.807) is 17.7 Å². The van der Waals surface area contributed by atoms with Crippen LogP contribution in [0.4, 0.5) is 0 Å². The van der Waals surface area contributed by atoms with E-state index in [0.717, 1.165) is 68.6 Å². The standard InChI is InChI=1S/C28H35N5O2S/c29-24(34)16-20-6-11-23-25(20)26-27(30-18-31-28(26)36-23)35-22-9-7-21(8-10-22)33-14-12-32(13-15-33)17-19-4-2-1-3-5-19/h1-5,18,20-22H,6-17H2,(H2,29,34). The summed E-state index contributed by atoms with van der Waals surface area (Å²) in [5.74, 6) is 0.619. The molecule has 1 saturated heterocycles. The van der Waals surface area contributed by atoms with Crippen molar-refractivity contribution < 1.29 is 9.53 Å². The number of hydrogen-bond acceptors (Lipinski definition) is 7. The van der Waals surface area contributed by atoms with Crippen molar-refractivity contribution in [3.05, 3.63) is 52.7 Å². The maximum atomic E-state index is 11.6. The zero-order valence-corrected chi connectivity index (χ0v) is 21.6. The van der Waals surface area contributed by atoms with Gasteiger partial charge >= 0.3 is 0 Å². The zero-order valence-electron chi connectivity index (χ0n) is 20.8. The number of amides is 1. The Morgan fingerprint density at radius 1 is 1.03 bits per heavy atom. The Morgan fingerprint density at radius 3 is 2.56 bits per heavy atom. The van der Waals surface area contributed by atoms with Gasteiger partial charge in [-0.3, -0.25) is 14.6 Å². The highest BCUT2D eigenvalue weighted by Gasteiger charge is 2.33. The van der Waals surface area contributed by atoms with Crippen molar-refractivity contribution in [2.75, 3.05) is 26.2 Å². The molecule has 1 amide bonds. The number of aromatic nitrogens is 2. The van der Waals surface area contributed by atoms with Crippen molar-refractivity contribution in [1.82, 2.24) is 19.8 Å². The number of nitrogens with two attached hydrogens (primary N) is 1. The third-order valence-corrected chi connectivity index (χ3v) is 9.41. The molecule has 1 saturated carbocycles. The molecule has 8 heteroatoms. The molecule has 1 aromatic carbocycles. The number of benzene rings is 1. The predicted molar refractivity (Wildman–Crippen MR) is 142 cm³/mol. The first-order chi connectivity index (χ1) is 17.6. The molecule has 1 atom stereocenters. The fourth-order valence-corrected chi connectivity index (χ4v) is 7.62. The minimum atomic E-state index is -0.245. The van der Waals surface area contributed by atoms with Gasteiger partial charge in [0, 0.05) is 50.1 Å². The molecule has 0 bridgehead atoms. The molecule has 36 heavy (non-hydrogen) atoms. The third-order valence-electron chi connectivity index (χ3n) is 8.24. The van der Waals surface area contributed by atoms with Crippen LogP contribution in [0.3, 0.4) is 0 Å². The number of rotatable bonds is 7. The molecule has 0 radical (unpaired) electrons. The van der Waals surface area contributed by atoms with E-state index in [4.69, 9.17) is 10.5 Å². The Morgan fingerprint density at radius 2 is 1.81 bits per heavy atom. The van der Waals surface area contributed by atoms with E-state index < -0.39 is 0 Å². The van der Waals surface area contributed by atoms with Crippen molar-refractivity contribution in [3.63, 3.8) is 0 Å². The average Bonchev–Trinajstić information content (AvgIpc) is 3.45. The number of thiophene rings is 1. The molecule has 3 aromatic rings. The van der Waals surface area contributed by atoms with Gasteiger partial charge in [-0.1, -0.05) is 30.3 Å². The van der Waals surface area contributed by atoms with Crippen LogP contribution in [0.25, 0.3) is 10.2 Å². The van der Waals surface area contributed by atoms with E-state index >= 15 is 0 Å². The Kier molecular flexibility index (Phi) is 6.91. The van der Waals surface area contributed by atoms with E-state index in [-0.39, 0.29) is 17.9 Å². The monoisotopic (exact) mass is 505 g/mol. The molecule has 190 valence electrons. The summed E-state index contributed by atoms with van der Waals surface area (Å²) >= 11 is 1.72. The number of fused-ring (bicyclic) bond motifs is 3. The molecule has 2 fully saturated rings. The van der Waals surface area contributed by atoms with Gasteiger partial charge in [0.15, 0.2) is 0 Å². The molecule has 2 aliphatic carbocycles. The Bertz CT molecular complexity index is 1200. The number of carbonyl (C=O) groups is 1. The van der Waals surface area contributed by atoms with Gasteiger partial charge in [0.1, 0.15) is 17.3 Å². The lowest BCUT2D eigenvalue weighted by Crippen LogP contribution is -2.51. The van der Waals surface area contributed by atoms with E-state index in [0.29, 0.717) is 18.3 Å². The van der Waals surface area contributed by atoms with E-state index in [1.807, 2.05) is 0 Å². The summed E-state index contributed by atoms with van der Waals surface area (Å²) < 4.78 is 6.54. The number of primary amides is 1. The molecule has 1 aliphatic heterocycles. The van der Waals surface area contributed by atoms with Crippen LogP contribution in [0.5, 0.6) is 5.88 Å². The molecule has 1 unspecified atom stereocenters. The van der Waals surface area contributed by atoms with Crippen molar-refractivity contribution in [1.29, 1.82) is 0 Å². The number of nitrogens with zero attached hydrogens (tertiary/aromatic N) is 4. The summed E-state index contributed by atoms with van der Waals surface area (Å²) in [5, 5.41) is 1.03. The molecule has 3 heterocycles. The number of hydrogen-bond donors (Lipinski definition) is 1. The number of carbonyl (C=O) groups excluding carboxylic acids is 1. The maximum absolute atomic E-state index is 11.6. The van der Waals surface area contributed by atoms with Crippen LogP contribution in [-0.4, -0.2) is 64.0 Å². The molecule has 2 aromatic heterocycles. The Hall–Kier alpha value is -2.55. The van der Waals surface area contributed by atoms with Crippen molar-refractivity contribution in [2.24, 2.45) is 5.73 Å². The fraction of sp³-hybridized carbons (Fsp3) is 0.536. The highest BCUT2D eigenvalue weighted by atomic mass is 32.1. The fourth-order valence-electron chi connectivity index (χ4n) is 6.39. The molecule has 0 spiro atoms. The molecule has 7 nitrogen and oxygen atoms in total. The van der Waals surface area contributed by atoms with E-state index in [2.05, 4.69) is 50.1 Å². The van der Waals surface area contributed by atoms with Gasteiger partial charge in [-0.25, -0.2) is 9.97 Å². The van der Waals surface area contributed by atoms with Crippen LogP contribution in [0.1, 0.15) is 60.4 Å². The minimum absolute atomic E-state index is 0.163. The van der Waals surface area contributed by atoms with Crippen LogP contribution < -0.4 is 10.5 Å². The van der Waals surface area contributed by atoms with E-state index in [1.165, 1.54) is 28.8 Å². The second-order valence-corrected chi connectivity index (χ2v) is 11.6. The van der Waals surface area contributed by atoms with Gasteiger partial charge in [-0.2, -0.15) is 0 Å². The summed E-state index contributed by atoms with van der Waals surface area (Å²) in [5.41, 5.74) is 8.16. The SMILES string of the molecule is NC(=O)CC1CCc2sc3ncnc(OC4CCC(N5CCN(Cc6ccccc6)CC5)CC4)c3c21. The summed E-state index contributed by atoms with van der Waals surface area (Å²) in [6.45, 7) is 5.63. The highest BCUT2D eigenvalue weighted by molar-refractivity contribution is 7.19. The lowest BCUT2D eigenvalue weighted by atomic mass is 9.91. The molecule has 2 N–H and O–H groups in total. The van der Waals surface area contributed by atoms with Crippen LogP contribution >= 0.6 is 11.3 Å². The summed E-state index contributed by atoms with van der Waals surface area (Å²) in [6, 6.07) is 11.4. The maximum Gasteiger partial charge on any atom is 0.225 e. The highest BCUT2D eigenvalue weighted by Crippen LogP contribution is 2.47. The third kappa shape index (κ3) is 4.99. The van der Waals surface area contributed by atoms with Gasteiger partial charge < -0.3 is 10.5 Å². The first kappa shape index (κ1) is 23.8. The predicted octanol–water partition coefficient (Wildman–Crippen LogP) is 4.10. The molecule has 3 aliphatic rings. The Labute approximate surface area is 216 Å². The topological polar surface area (TPSA) is 84.6 Å². The molecular weight excluding hydrogens is 470 g/mol. The van der Waals surface area contributed by atoms with Gasteiger partial charge in [0.05, 0.1) is 5.39 Å². The van der Waals surface area contributed by atoms with Gasteiger partial charge in [0.25, 0.3) is 0 Å². The van der Waals surface area contributed by atoms with Crippen LogP contribution in [0.15, 0.2) is 36.7 Å². The van der Waals surface area contributed by atoms with E-state index in [9.17, 15) is 4.79 Å².